The van der Waals surface area contributed by atoms with Crippen molar-refractivity contribution in [1.82, 2.24) is 9.80 Å². The summed E-state index contributed by atoms with van der Waals surface area (Å²) in [4.78, 5) is 42.8. The van der Waals surface area contributed by atoms with Gasteiger partial charge >= 0.3 is 0 Å². The Hall–Kier alpha value is -3.10. The molecule has 1 aliphatic heterocycles. The van der Waals surface area contributed by atoms with Crippen molar-refractivity contribution in [3.63, 3.8) is 0 Å². The van der Waals surface area contributed by atoms with Crippen LogP contribution in [0.2, 0.25) is 5.02 Å². The fourth-order valence-electron chi connectivity index (χ4n) is 3.29. The molecule has 0 aromatic heterocycles. The van der Waals surface area contributed by atoms with E-state index in [9.17, 15) is 14.4 Å². The Bertz CT molecular complexity index is 968. The van der Waals surface area contributed by atoms with Gasteiger partial charge in [0.1, 0.15) is 25.5 Å². The highest BCUT2D eigenvalue weighted by Crippen LogP contribution is 2.23. The first-order chi connectivity index (χ1) is 14.9. The molecular formula is C22H24ClN3O5. The summed E-state index contributed by atoms with van der Waals surface area (Å²) in [5.41, 5.74) is 0.973. The first-order valence-corrected chi connectivity index (χ1v) is 10.1. The minimum Gasteiger partial charge on any atom is -0.496 e. The summed E-state index contributed by atoms with van der Waals surface area (Å²) in [5, 5.41) is 0.503. The number of anilines is 1. The standard InChI is InChI=1S/C22H24ClN3O5/c1-30-11-10-24(22(29)18-8-3-4-9-19(18)31-2)13-20(27)25-14-21(28)26(15-25)17-7-5-6-16(23)12-17/h3-9,12H,10-11,13-15H2,1-2H3. The van der Waals surface area contributed by atoms with Crippen molar-refractivity contribution >= 4 is 35.0 Å². The van der Waals surface area contributed by atoms with Gasteiger partial charge in [0.2, 0.25) is 11.8 Å². The van der Waals surface area contributed by atoms with E-state index < -0.39 is 0 Å². The zero-order valence-electron chi connectivity index (χ0n) is 17.4. The van der Waals surface area contributed by atoms with Crippen LogP contribution in [0.4, 0.5) is 5.69 Å². The van der Waals surface area contributed by atoms with Crippen molar-refractivity contribution in [1.29, 1.82) is 0 Å². The maximum atomic E-state index is 13.1. The summed E-state index contributed by atoms with van der Waals surface area (Å²) in [5.74, 6) is -0.474. The van der Waals surface area contributed by atoms with E-state index >= 15 is 0 Å². The monoisotopic (exact) mass is 445 g/mol. The predicted molar refractivity (Wildman–Crippen MR) is 116 cm³/mol. The second kappa shape index (κ2) is 10.3. The molecule has 0 atom stereocenters. The molecule has 2 aromatic carbocycles. The molecular weight excluding hydrogens is 422 g/mol. The number of nitrogens with zero attached hydrogens (tertiary/aromatic N) is 3. The van der Waals surface area contributed by atoms with Gasteiger partial charge in [0.05, 0.1) is 19.3 Å². The van der Waals surface area contributed by atoms with E-state index in [1.54, 1.807) is 48.5 Å². The molecule has 1 heterocycles. The van der Waals surface area contributed by atoms with Crippen molar-refractivity contribution in [3.8, 4) is 5.75 Å². The zero-order valence-corrected chi connectivity index (χ0v) is 18.2. The summed E-state index contributed by atoms with van der Waals surface area (Å²) in [6, 6.07) is 13.7. The van der Waals surface area contributed by atoms with E-state index in [0.717, 1.165) is 0 Å². The molecule has 0 spiro atoms. The molecule has 0 aliphatic carbocycles. The van der Waals surface area contributed by atoms with Gasteiger partial charge in [0.15, 0.2) is 0 Å². The lowest BCUT2D eigenvalue weighted by atomic mass is 10.1. The van der Waals surface area contributed by atoms with Gasteiger partial charge in [-0.05, 0) is 30.3 Å². The van der Waals surface area contributed by atoms with Crippen molar-refractivity contribution < 1.29 is 23.9 Å². The number of carbonyl (C=O) groups excluding carboxylic acids is 3. The van der Waals surface area contributed by atoms with Gasteiger partial charge in [-0.15, -0.1) is 0 Å². The summed E-state index contributed by atoms with van der Waals surface area (Å²) < 4.78 is 10.4. The second-order valence-electron chi connectivity index (χ2n) is 6.95. The van der Waals surface area contributed by atoms with E-state index in [4.69, 9.17) is 21.1 Å². The maximum Gasteiger partial charge on any atom is 0.258 e. The summed E-state index contributed by atoms with van der Waals surface area (Å²) in [6.45, 7) is 0.336. The normalized spacial score (nSPS) is 13.5. The second-order valence-corrected chi connectivity index (χ2v) is 7.39. The van der Waals surface area contributed by atoms with Gasteiger partial charge in [-0.3, -0.25) is 19.3 Å². The van der Waals surface area contributed by atoms with Crippen molar-refractivity contribution in [2.75, 3.05) is 52.0 Å². The Morgan fingerprint density at radius 2 is 1.90 bits per heavy atom. The minimum absolute atomic E-state index is 0.0632. The number of hydrogen-bond donors (Lipinski definition) is 0. The predicted octanol–water partition coefficient (Wildman–Crippen LogP) is 2.27. The van der Waals surface area contributed by atoms with E-state index in [1.165, 1.54) is 28.9 Å². The van der Waals surface area contributed by atoms with Crippen LogP contribution in [0.1, 0.15) is 10.4 Å². The highest BCUT2D eigenvalue weighted by Gasteiger charge is 2.33. The van der Waals surface area contributed by atoms with Gasteiger partial charge in [-0.25, -0.2) is 0 Å². The van der Waals surface area contributed by atoms with Crippen LogP contribution < -0.4 is 9.64 Å². The highest BCUT2D eigenvalue weighted by molar-refractivity contribution is 6.31. The molecule has 2 aromatic rings. The van der Waals surface area contributed by atoms with Crippen LogP contribution >= 0.6 is 11.6 Å². The fraction of sp³-hybridized carbons (Fsp3) is 0.318. The topological polar surface area (TPSA) is 79.4 Å². The Balaban J connectivity index is 1.73. The number of carbonyl (C=O) groups is 3. The Morgan fingerprint density at radius 3 is 2.61 bits per heavy atom. The van der Waals surface area contributed by atoms with Crippen molar-refractivity contribution in [2.24, 2.45) is 0 Å². The van der Waals surface area contributed by atoms with E-state index in [1.807, 2.05) is 0 Å². The number of halogens is 1. The first kappa shape index (κ1) is 22.6. The van der Waals surface area contributed by atoms with Crippen LogP contribution in [-0.4, -0.2) is 74.7 Å². The third kappa shape index (κ3) is 5.34. The molecule has 0 N–H and O–H groups in total. The third-order valence-electron chi connectivity index (χ3n) is 4.93. The molecule has 3 rings (SSSR count). The number of rotatable bonds is 8. The number of ether oxygens (including phenoxy) is 2. The van der Waals surface area contributed by atoms with Crippen LogP contribution in [0.3, 0.4) is 0 Å². The molecule has 164 valence electrons. The third-order valence-corrected chi connectivity index (χ3v) is 5.16. The number of hydrogen-bond acceptors (Lipinski definition) is 5. The average Bonchev–Trinajstić information content (AvgIpc) is 3.17. The number of para-hydroxylation sites is 1. The Morgan fingerprint density at radius 1 is 1.13 bits per heavy atom. The Labute approximate surface area is 185 Å². The lowest BCUT2D eigenvalue weighted by Gasteiger charge is -2.25. The molecule has 31 heavy (non-hydrogen) atoms. The van der Waals surface area contributed by atoms with Crippen LogP contribution in [0.5, 0.6) is 5.75 Å². The first-order valence-electron chi connectivity index (χ1n) is 9.69. The molecule has 1 aliphatic rings. The molecule has 8 nitrogen and oxygen atoms in total. The van der Waals surface area contributed by atoms with E-state index in [0.29, 0.717) is 22.0 Å². The summed E-state index contributed by atoms with van der Waals surface area (Å²) in [6.07, 6.45) is 0. The van der Waals surface area contributed by atoms with E-state index in [-0.39, 0.29) is 50.6 Å². The van der Waals surface area contributed by atoms with E-state index in [2.05, 4.69) is 0 Å². The SMILES string of the molecule is COCCN(CC(=O)N1CC(=O)N(c2cccc(Cl)c2)C1)C(=O)c1ccccc1OC. The highest BCUT2D eigenvalue weighted by atomic mass is 35.5. The smallest absolute Gasteiger partial charge is 0.258 e. The molecule has 0 unspecified atom stereocenters. The van der Waals surface area contributed by atoms with Crippen LogP contribution in [0.25, 0.3) is 0 Å². The Kier molecular flexibility index (Phi) is 7.49. The average molecular weight is 446 g/mol. The van der Waals surface area contributed by atoms with Crippen LogP contribution in [-0.2, 0) is 14.3 Å². The molecule has 0 radical (unpaired) electrons. The number of methoxy groups -OCH3 is 2. The van der Waals surface area contributed by atoms with Gasteiger partial charge in [-0.2, -0.15) is 0 Å². The summed E-state index contributed by atoms with van der Waals surface area (Å²) >= 11 is 6.02. The van der Waals surface area contributed by atoms with Crippen LogP contribution in [0.15, 0.2) is 48.5 Å². The van der Waals surface area contributed by atoms with Gasteiger partial charge in [0, 0.05) is 24.4 Å². The van der Waals surface area contributed by atoms with Gasteiger partial charge in [-0.1, -0.05) is 29.8 Å². The minimum atomic E-state index is -0.347. The van der Waals surface area contributed by atoms with Gasteiger partial charge < -0.3 is 19.3 Å². The lowest BCUT2D eigenvalue weighted by molar-refractivity contribution is -0.132. The molecule has 1 fully saturated rings. The van der Waals surface area contributed by atoms with Gasteiger partial charge in [0.25, 0.3) is 5.91 Å². The maximum absolute atomic E-state index is 13.1. The molecule has 9 heteroatoms. The largest absolute Gasteiger partial charge is 0.496 e. The number of benzene rings is 2. The van der Waals surface area contributed by atoms with Crippen LogP contribution in [0, 0.1) is 0 Å². The molecule has 0 saturated carbocycles. The van der Waals surface area contributed by atoms with Crippen molar-refractivity contribution in [3.05, 3.63) is 59.1 Å². The molecule has 0 bridgehead atoms. The molecule has 3 amide bonds. The molecule has 1 saturated heterocycles. The zero-order chi connectivity index (χ0) is 22.4. The number of amides is 3. The quantitative estimate of drug-likeness (QED) is 0.622. The summed E-state index contributed by atoms with van der Waals surface area (Å²) in [7, 11) is 3.01. The van der Waals surface area contributed by atoms with Crippen molar-refractivity contribution in [2.45, 2.75) is 0 Å². The fourth-order valence-corrected chi connectivity index (χ4v) is 3.48. The lowest BCUT2D eigenvalue weighted by Crippen LogP contribution is -2.44.